The Bertz CT molecular complexity index is 450. The second-order valence-electron chi connectivity index (χ2n) is 4.49. The van der Waals surface area contributed by atoms with E-state index in [0.717, 1.165) is 29.4 Å². The molecule has 1 aliphatic carbocycles. The number of nitrogens with one attached hydrogen (secondary N) is 1. The average molecular weight is 314 g/mol. The van der Waals surface area contributed by atoms with Crippen molar-refractivity contribution in [2.75, 3.05) is 12.4 Å². The van der Waals surface area contributed by atoms with Gasteiger partial charge in [-0.05, 0) is 37.5 Å². The largest absolute Gasteiger partial charge is 0.478 e. The highest BCUT2D eigenvalue weighted by molar-refractivity contribution is 9.10. The Morgan fingerprint density at radius 1 is 1.44 bits per heavy atom. The van der Waals surface area contributed by atoms with Crippen molar-refractivity contribution in [2.45, 2.75) is 31.4 Å². The number of methoxy groups -OCH3 is 1. The molecule has 98 valence electrons. The Labute approximate surface area is 114 Å². The monoisotopic (exact) mass is 313 g/mol. The maximum absolute atomic E-state index is 11.0. The lowest BCUT2D eigenvalue weighted by molar-refractivity contribution is 0.0697. The van der Waals surface area contributed by atoms with Gasteiger partial charge in [0.2, 0.25) is 0 Å². The predicted octanol–water partition coefficient (Wildman–Crippen LogP) is 3.13. The summed E-state index contributed by atoms with van der Waals surface area (Å²) >= 11 is 3.33. The van der Waals surface area contributed by atoms with Crippen molar-refractivity contribution >= 4 is 27.6 Å². The van der Waals surface area contributed by atoms with Crippen LogP contribution in [0.3, 0.4) is 0 Å². The lowest BCUT2D eigenvalue weighted by Gasteiger charge is -2.21. The van der Waals surface area contributed by atoms with Crippen LogP contribution in [0, 0.1) is 0 Å². The topological polar surface area (TPSA) is 58.6 Å². The molecule has 1 aromatic carbocycles. The number of hydrogen-bond donors (Lipinski definition) is 2. The van der Waals surface area contributed by atoms with Crippen molar-refractivity contribution in [1.29, 1.82) is 0 Å². The summed E-state index contributed by atoms with van der Waals surface area (Å²) in [6.07, 6.45) is 3.44. The van der Waals surface area contributed by atoms with E-state index in [1.54, 1.807) is 19.2 Å². The van der Waals surface area contributed by atoms with Gasteiger partial charge in [-0.15, -0.1) is 0 Å². The molecule has 2 atom stereocenters. The normalized spacial score (nSPS) is 23.0. The minimum absolute atomic E-state index is 0.206. The molecule has 2 N–H and O–H groups in total. The van der Waals surface area contributed by atoms with Gasteiger partial charge in [0.15, 0.2) is 0 Å². The molecule has 0 spiro atoms. The quantitative estimate of drug-likeness (QED) is 0.896. The van der Waals surface area contributed by atoms with Gasteiger partial charge in [0.1, 0.15) is 0 Å². The molecule has 0 aliphatic heterocycles. The zero-order valence-electron chi connectivity index (χ0n) is 10.1. The van der Waals surface area contributed by atoms with Gasteiger partial charge in [-0.25, -0.2) is 4.79 Å². The summed E-state index contributed by atoms with van der Waals surface area (Å²) in [5, 5.41) is 12.4. The molecule has 18 heavy (non-hydrogen) atoms. The molecule has 2 unspecified atom stereocenters. The maximum atomic E-state index is 11.0. The molecular weight excluding hydrogens is 298 g/mol. The highest BCUT2D eigenvalue weighted by atomic mass is 79.9. The van der Waals surface area contributed by atoms with Crippen molar-refractivity contribution in [3.63, 3.8) is 0 Å². The summed E-state index contributed by atoms with van der Waals surface area (Å²) in [6, 6.07) is 5.39. The molecule has 0 aromatic heterocycles. The lowest BCUT2D eigenvalue weighted by atomic mass is 10.1. The third kappa shape index (κ3) is 3.03. The molecule has 2 rings (SSSR count). The number of carbonyl (C=O) groups is 1. The van der Waals surface area contributed by atoms with Crippen molar-refractivity contribution in [3.05, 3.63) is 28.2 Å². The van der Waals surface area contributed by atoms with Gasteiger partial charge in [-0.1, -0.05) is 15.9 Å². The van der Waals surface area contributed by atoms with Crippen molar-refractivity contribution in [3.8, 4) is 0 Å². The molecule has 1 aliphatic rings. The summed E-state index contributed by atoms with van der Waals surface area (Å²) in [6.45, 7) is 0. The Morgan fingerprint density at radius 3 is 2.89 bits per heavy atom. The van der Waals surface area contributed by atoms with Gasteiger partial charge < -0.3 is 15.2 Å². The van der Waals surface area contributed by atoms with E-state index in [4.69, 9.17) is 9.84 Å². The number of ether oxygens (including phenoxy) is 1. The Morgan fingerprint density at radius 2 is 2.22 bits per heavy atom. The second-order valence-corrected chi connectivity index (χ2v) is 5.41. The van der Waals surface area contributed by atoms with Crippen molar-refractivity contribution in [1.82, 2.24) is 0 Å². The fourth-order valence-corrected chi connectivity index (χ4v) is 2.88. The zero-order valence-corrected chi connectivity index (χ0v) is 11.7. The lowest BCUT2D eigenvalue weighted by Crippen LogP contribution is -2.29. The van der Waals surface area contributed by atoms with Gasteiger partial charge in [-0.2, -0.15) is 0 Å². The van der Waals surface area contributed by atoms with Gasteiger partial charge >= 0.3 is 5.97 Å². The first-order valence-electron chi connectivity index (χ1n) is 5.93. The molecule has 0 radical (unpaired) electrons. The van der Waals surface area contributed by atoms with E-state index in [0.29, 0.717) is 0 Å². The summed E-state index contributed by atoms with van der Waals surface area (Å²) < 4.78 is 6.17. The molecular formula is C13H16BrNO3. The number of benzene rings is 1. The number of aromatic carboxylic acids is 1. The molecule has 0 saturated heterocycles. The van der Waals surface area contributed by atoms with E-state index in [1.807, 2.05) is 6.07 Å². The highest BCUT2D eigenvalue weighted by Crippen LogP contribution is 2.27. The van der Waals surface area contributed by atoms with Crippen LogP contribution in [0.2, 0.25) is 0 Å². The Hall–Kier alpha value is -1.07. The van der Waals surface area contributed by atoms with Crippen LogP contribution in [0.4, 0.5) is 5.69 Å². The molecule has 1 saturated carbocycles. The molecule has 1 fully saturated rings. The minimum atomic E-state index is -0.922. The van der Waals surface area contributed by atoms with Crippen molar-refractivity contribution in [2.24, 2.45) is 0 Å². The van der Waals surface area contributed by atoms with Crippen LogP contribution in [0.1, 0.15) is 29.6 Å². The van der Waals surface area contributed by atoms with Crippen LogP contribution in [0.15, 0.2) is 22.7 Å². The van der Waals surface area contributed by atoms with E-state index in [-0.39, 0.29) is 17.7 Å². The summed E-state index contributed by atoms with van der Waals surface area (Å²) in [5.41, 5.74) is 1.09. The van der Waals surface area contributed by atoms with Gasteiger partial charge in [-0.3, -0.25) is 0 Å². The maximum Gasteiger partial charge on any atom is 0.335 e. The molecule has 1 aromatic rings. The third-order valence-corrected chi connectivity index (χ3v) is 3.71. The van der Waals surface area contributed by atoms with Crippen LogP contribution in [0.5, 0.6) is 0 Å². The first-order valence-corrected chi connectivity index (χ1v) is 6.72. The number of halogens is 1. The number of carboxylic acid groups (broad SMARTS) is 1. The van der Waals surface area contributed by atoms with Gasteiger partial charge in [0, 0.05) is 17.3 Å². The molecule has 0 heterocycles. The fourth-order valence-electron chi connectivity index (χ4n) is 2.38. The summed E-state index contributed by atoms with van der Waals surface area (Å²) in [5.74, 6) is -0.922. The van der Waals surface area contributed by atoms with Crippen LogP contribution >= 0.6 is 15.9 Å². The van der Waals surface area contributed by atoms with Crippen LogP contribution in [-0.4, -0.2) is 30.3 Å². The second kappa shape index (κ2) is 5.71. The predicted molar refractivity (Wildman–Crippen MR) is 73.2 cm³/mol. The smallest absolute Gasteiger partial charge is 0.335 e. The Balaban J connectivity index is 2.16. The van der Waals surface area contributed by atoms with Crippen LogP contribution < -0.4 is 5.32 Å². The van der Waals surface area contributed by atoms with E-state index in [1.165, 1.54) is 0 Å². The molecule has 0 amide bonds. The molecule has 5 heteroatoms. The first kappa shape index (κ1) is 13.4. The van der Waals surface area contributed by atoms with Gasteiger partial charge in [0.25, 0.3) is 0 Å². The average Bonchev–Trinajstić information content (AvgIpc) is 2.75. The minimum Gasteiger partial charge on any atom is -0.478 e. The number of hydrogen-bond acceptors (Lipinski definition) is 3. The molecule has 0 bridgehead atoms. The molecule has 4 nitrogen and oxygen atoms in total. The Kier molecular flexibility index (Phi) is 4.24. The fraction of sp³-hybridized carbons (Fsp3) is 0.462. The summed E-state index contributed by atoms with van der Waals surface area (Å²) in [7, 11) is 1.72. The van der Waals surface area contributed by atoms with Crippen LogP contribution in [-0.2, 0) is 4.74 Å². The first-order chi connectivity index (χ1) is 8.60. The third-order valence-electron chi connectivity index (χ3n) is 3.25. The summed E-state index contributed by atoms with van der Waals surface area (Å²) in [4.78, 5) is 11.0. The van der Waals surface area contributed by atoms with Crippen LogP contribution in [0.25, 0.3) is 0 Å². The zero-order chi connectivity index (χ0) is 13.1. The standard InChI is InChI=1S/C13H16BrNO3/c1-18-12-4-2-3-11(12)15-10-6-8(13(16)17)5-9(14)7-10/h5-7,11-12,15H,2-4H2,1H3,(H,16,17). The highest BCUT2D eigenvalue weighted by Gasteiger charge is 2.27. The number of anilines is 1. The van der Waals surface area contributed by atoms with E-state index < -0.39 is 5.97 Å². The van der Waals surface area contributed by atoms with Gasteiger partial charge in [0.05, 0.1) is 17.7 Å². The van der Waals surface area contributed by atoms with E-state index >= 15 is 0 Å². The van der Waals surface area contributed by atoms with Crippen molar-refractivity contribution < 1.29 is 14.6 Å². The number of carboxylic acids is 1. The number of rotatable bonds is 4. The SMILES string of the molecule is COC1CCCC1Nc1cc(Br)cc(C(=O)O)c1. The van der Waals surface area contributed by atoms with E-state index in [2.05, 4.69) is 21.2 Å². The van der Waals surface area contributed by atoms with E-state index in [9.17, 15) is 4.79 Å².